The van der Waals surface area contributed by atoms with Gasteiger partial charge in [-0.05, 0) is 12.3 Å². The Balaban J connectivity index is 1.86. The van der Waals surface area contributed by atoms with E-state index in [-0.39, 0.29) is 17.9 Å². The maximum absolute atomic E-state index is 11.3. The number of carbonyl (C=O) groups excluding carboxylic acids is 2. The lowest BCUT2D eigenvalue weighted by Crippen LogP contribution is -2.07. The molecule has 0 aromatic carbocycles. The standard InChI is InChI=1S/C20H36O3/c1-3-4-5-6-7-10-13-17(2)14-11-8-9-12-15-18-16-19(21)23-20(18)22/h17-18H,3-16H2,1-2H3. The molecule has 0 aliphatic carbocycles. The smallest absolute Gasteiger partial charge is 0.317 e. The summed E-state index contributed by atoms with van der Waals surface area (Å²) in [5.41, 5.74) is 0. The van der Waals surface area contributed by atoms with Crippen molar-refractivity contribution in [1.82, 2.24) is 0 Å². The van der Waals surface area contributed by atoms with Gasteiger partial charge in [-0.15, -0.1) is 0 Å². The largest absolute Gasteiger partial charge is 0.393 e. The molecule has 1 aliphatic rings. The van der Waals surface area contributed by atoms with Crippen molar-refractivity contribution in [3.8, 4) is 0 Å². The molecule has 0 aromatic heterocycles. The van der Waals surface area contributed by atoms with Crippen LogP contribution >= 0.6 is 0 Å². The van der Waals surface area contributed by atoms with Gasteiger partial charge in [-0.2, -0.15) is 0 Å². The third-order valence-electron chi connectivity index (χ3n) is 5.01. The fraction of sp³-hybridized carbons (Fsp3) is 0.900. The minimum Gasteiger partial charge on any atom is -0.393 e. The van der Waals surface area contributed by atoms with E-state index < -0.39 is 0 Å². The second kappa shape index (κ2) is 12.5. The second-order valence-electron chi connectivity index (χ2n) is 7.35. The van der Waals surface area contributed by atoms with Crippen LogP contribution in [0.1, 0.15) is 104 Å². The molecule has 1 rings (SSSR count). The molecule has 0 radical (unpaired) electrons. The molecule has 1 saturated heterocycles. The summed E-state index contributed by atoms with van der Waals surface area (Å²) in [6, 6.07) is 0. The molecule has 2 atom stereocenters. The molecule has 0 spiro atoms. The highest BCUT2D eigenvalue weighted by atomic mass is 16.6. The van der Waals surface area contributed by atoms with E-state index in [9.17, 15) is 9.59 Å². The van der Waals surface area contributed by atoms with Gasteiger partial charge in [0.05, 0.1) is 12.3 Å². The predicted octanol–water partition coefficient (Wildman–Crippen LogP) is 5.80. The average Bonchev–Trinajstić information content (AvgIpc) is 2.84. The molecule has 3 nitrogen and oxygen atoms in total. The van der Waals surface area contributed by atoms with Crippen LogP contribution in [-0.2, 0) is 14.3 Å². The number of unbranched alkanes of at least 4 members (excludes halogenated alkanes) is 8. The van der Waals surface area contributed by atoms with E-state index in [1.807, 2.05) is 0 Å². The number of ether oxygens (including phenoxy) is 1. The van der Waals surface area contributed by atoms with E-state index >= 15 is 0 Å². The predicted molar refractivity (Wildman–Crippen MR) is 94.1 cm³/mol. The molecule has 134 valence electrons. The van der Waals surface area contributed by atoms with Gasteiger partial charge in [0.1, 0.15) is 0 Å². The zero-order valence-electron chi connectivity index (χ0n) is 15.3. The van der Waals surface area contributed by atoms with Gasteiger partial charge in [0.2, 0.25) is 0 Å². The lowest BCUT2D eigenvalue weighted by atomic mass is 9.95. The molecule has 1 fully saturated rings. The van der Waals surface area contributed by atoms with Gasteiger partial charge >= 0.3 is 11.9 Å². The Morgan fingerprint density at radius 2 is 1.48 bits per heavy atom. The van der Waals surface area contributed by atoms with E-state index in [0.717, 1.165) is 18.8 Å². The summed E-state index contributed by atoms with van der Waals surface area (Å²) in [5.74, 6) is 0.0452. The quantitative estimate of drug-likeness (QED) is 0.230. The molecule has 0 bridgehead atoms. The van der Waals surface area contributed by atoms with E-state index in [1.165, 1.54) is 70.6 Å². The highest BCUT2D eigenvalue weighted by Crippen LogP contribution is 2.23. The average molecular weight is 325 g/mol. The Morgan fingerprint density at radius 1 is 0.913 bits per heavy atom. The highest BCUT2D eigenvalue weighted by molar-refractivity contribution is 5.94. The minimum atomic E-state index is -0.344. The molecular formula is C20H36O3. The first kappa shape index (κ1) is 20.2. The minimum absolute atomic E-state index is 0.158. The summed E-state index contributed by atoms with van der Waals surface area (Å²) in [4.78, 5) is 22.3. The maximum Gasteiger partial charge on any atom is 0.317 e. The van der Waals surface area contributed by atoms with Gasteiger partial charge in [0, 0.05) is 0 Å². The Labute approximate surface area is 142 Å². The summed E-state index contributed by atoms with van der Waals surface area (Å²) in [7, 11) is 0. The monoisotopic (exact) mass is 324 g/mol. The van der Waals surface area contributed by atoms with Crippen molar-refractivity contribution < 1.29 is 14.3 Å². The number of cyclic esters (lactones) is 2. The van der Waals surface area contributed by atoms with Crippen LogP contribution in [0.25, 0.3) is 0 Å². The zero-order chi connectivity index (χ0) is 16.9. The van der Waals surface area contributed by atoms with Crippen LogP contribution < -0.4 is 0 Å². The summed E-state index contributed by atoms with van der Waals surface area (Å²) in [6.45, 7) is 4.65. The Bertz CT molecular complexity index is 338. The molecule has 0 saturated carbocycles. The number of hydrogen-bond acceptors (Lipinski definition) is 3. The Morgan fingerprint density at radius 3 is 2.04 bits per heavy atom. The Kier molecular flexibility index (Phi) is 11.0. The van der Waals surface area contributed by atoms with E-state index in [0.29, 0.717) is 6.42 Å². The van der Waals surface area contributed by atoms with Gasteiger partial charge in [-0.1, -0.05) is 90.9 Å². The fourth-order valence-corrected chi connectivity index (χ4v) is 3.40. The molecule has 1 aliphatic heterocycles. The van der Waals surface area contributed by atoms with Crippen LogP contribution in [0.2, 0.25) is 0 Å². The first-order valence-corrected chi connectivity index (χ1v) is 9.88. The summed E-state index contributed by atoms with van der Waals surface area (Å²) < 4.78 is 4.57. The molecule has 3 heteroatoms. The van der Waals surface area contributed by atoms with E-state index in [4.69, 9.17) is 0 Å². The van der Waals surface area contributed by atoms with Crippen LogP contribution in [0.5, 0.6) is 0 Å². The summed E-state index contributed by atoms with van der Waals surface area (Å²) in [6.07, 6.45) is 16.9. The van der Waals surface area contributed by atoms with Crippen LogP contribution in [-0.4, -0.2) is 11.9 Å². The third kappa shape index (κ3) is 9.78. The SMILES string of the molecule is CCCCCCCCC(C)CCCCCCC1CC(=O)OC1=O. The number of carbonyl (C=O) groups is 2. The number of esters is 2. The van der Waals surface area contributed by atoms with E-state index in [1.54, 1.807) is 0 Å². The van der Waals surface area contributed by atoms with Crippen molar-refractivity contribution in [3.63, 3.8) is 0 Å². The van der Waals surface area contributed by atoms with Crippen LogP contribution in [0.4, 0.5) is 0 Å². The number of rotatable bonds is 14. The Hall–Kier alpha value is -0.860. The van der Waals surface area contributed by atoms with E-state index in [2.05, 4.69) is 18.6 Å². The summed E-state index contributed by atoms with van der Waals surface area (Å²) in [5, 5.41) is 0. The van der Waals surface area contributed by atoms with Gasteiger partial charge in [0.15, 0.2) is 0 Å². The highest BCUT2D eigenvalue weighted by Gasteiger charge is 2.32. The molecule has 23 heavy (non-hydrogen) atoms. The van der Waals surface area contributed by atoms with Gasteiger partial charge < -0.3 is 4.74 Å². The lowest BCUT2D eigenvalue weighted by Gasteiger charge is -2.11. The fourth-order valence-electron chi connectivity index (χ4n) is 3.40. The first-order valence-electron chi connectivity index (χ1n) is 9.88. The van der Waals surface area contributed by atoms with Gasteiger partial charge in [-0.3, -0.25) is 9.59 Å². The first-order chi connectivity index (χ1) is 11.1. The molecule has 0 N–H and O–H groups in total. The van der Waals surface area contributed by atoms with Crippen LogP contribution in [0, 0.1) is 11.8 Å². The topological polar surface area (TPSA) is 43.4 Å². The molecule has 0 amide bonds. The zero-order valence-corrected chi connectivity index (χ0v) is 15.3. The maximum atomic E-state index is 11.3. The van der Waals surface area contributed by atoms with Crippen molar-refractivity contribution in [2.24, 2.45) is 11.8 Å². The summed E-state index contributed by atoms with van der Waals surface area (Å²) >= 11 is 0. The van der Waals surface area contributed by atoms with Crippen molar-refractivity contribution >= 4 is 11.9 Å². The van der Waals surface area contributed by atoms with Crippen LogP contribution in [0.15, 0.2) is 0 Å². The van der Waals surface area contributed by atoms with Crippen LogP contribution in [0.3, 0.4) is 0 Å². The molecule has 1 heterocycles. The van der Waals surface area contributed by atoms with Gasteiger partial charge in [0.25, 0.3) is 0 Å². The third-order valence-corrected chi connectivity index (χ3v) is 5.01. The van der Waals surface area contributed by atoms with Crippen molar-refractivity contribution in [2.75, 3.05) is 0 Å². The van der Waals surface area contributed by atoms with Crippen molar-refractivity contribution in [2.45, 2.75) is 104 Å². The molecular weight excluding hydrogens is 288 g/mol. The molecule has 0 aromatic rings. The van der Waals surface area contributed by atoms with Crippen molar-refractivity contribution in [1.29, 1.82) is 0 Å². The number of hydrogen-bond donors (Lipinski definition) is 0. The molecule has 2 unspecified atom stereocenters. The lowest BCUT2D eigenvalue weighted by molar-refractivity contribution is -0.153. The van der Waals surface area contributed by atoms with Crippen molar-refractivity contribution in [3.05, 3.63) is 0 Å². The second-order valence-corrected chi connectivity index (χ2v) is 7.35. The van der Waals surface area contributed by atoms with Gasteiger partial charge in [-0.25, -0.2) is 0 Å². The normalized spacial score (nSPS) is 19.1.